The molecule has 1 aromatic heterocycles. The average molecular weight is 379 g/mol. The van der Waals surface area contributed by atoms with Crippen molar-refractivity contribution in [3.63, 3.8) is 0 Å². The molecule has 1 saturated carbocycles. The Morgan fingerprint density at radius 1 is 1.00 bits per heavy atom. The lowest BCUT2D eigenvalue weighted by Crippen LogP contribution is -2.33. The molecule has 1 aliphatic heterocycles. The Labute approximate surface area is 167 Å². The molecule has 1 saturated heterocycles. The molecule has 28 heavy (non-hydrogen) atoms. The molecule has 2 fully saturated rings. The van der Waals surface area contributed by atoms with Crippen LogP contribution in [-0.2, 0) is 0 Å². The predicted molar refractivity (Wildman–Crippen MR) is 114 cm³/mol. The minimum Gasteiger partial charge on any atom is -0.372 e. The molecule has 0 radical (unpaired) electrons. The molecule has 5 heteroatoms. The SMILES string of the molecule is CC1CCN(c2ccc(Nc3ccnc(C(=O)NC4CCCC4)c3)cc2)CC1. The van der Waals surface area contributed by atoms with Gasteiger partial charge in [-0.25, -0.2) is 0 Å². The molecule has 0 bridgehead atoms. The number of piperidine rings is 1. The molecule has 0 spiro atoms. The third-order valence-electron chi connectivity index (χ3n) is 5.99. The quantitative estimate of drug-likeness (QED) is 0.789. The lowest BCUT2D eigenvalue weighted by molar-refractivity contribution is 0.0933. The van der Waals surface area contributed by atoms with E-state index in [4.69, 9.17) is 0 Å². The van der Waals surface area contributed by atoms with Gasteiger partial charge in [-0.2, -0.15) is 0 Å². The Kier molecular flexibility index (Phi) is 5.79. The van der Waals surface area contributed by atoms with Crippen LogP contribution in [-0.4, -0.2) is 30.0 Å². The number of carbonyl (C=O) groups is 1. The number of aromatic nitrogens is 1. The molecule has 2 heterocycles. The number of anilines is 3. The predicted octanol–water partition coefficient (Wildman–Crippen LogP) is 4.73. The summed E-state index contributed by atoms with van der Waals surface area (Å²) >= 11 is 0. The maximum atomic E-state index is 12.4. The highest BCUT2D eigenvalue weighted by Crippen LogP contribution is 2.25. The van der Waals surface area contributed by atoms with Crippen LogP contribution in [0.25, 0.3) is 0 Å². The molecule has 2 aromatic rings. The summed E-state index contributed by atoms with van der Waals surface area (Å²) in [6, 6.07) is 12.6. The zero-order valence-corrected chi connectivity index (χ0v) is 16.7. The molecular weight excluding hydrogens is 348 g/mol. The Morgan fingerprint density at radius 3 is 2.43 bits per heavy atom. The first-order chi connectivity index (χ1) is 13.7. The van der Waals surface area contributed by atoms with E-state index in [1.807, 2.05) is 12.1 Å². The second-order valence-corrected chi connectivity index (χ2v) is 8.23. The summed E-state index contributed by atoms with van der Waals surface area (Å²) in [4.78, 5) is 19.1. The Balaban J connectivity index is 1.38. The normalized spacial score (nSPS) is 18.2. The van der Waals surface area contributed by atoms with Crippen LogP contribution in [0, 0.1) is 5.92 Å². The Hall–Kier alpha value is -2.56. The molecule has 2 aliphatic rings. The van der Waals surface area contributed by atoms with E-state index >= 15 is 0 Å². The first-order valence-electron chi connectivity index (χ1n) is 10.6. The standard InChI is InChI=1S/C23H30N4O/c1-17-11-14-27(15-12-17)21-8-6-19(7-9-21)25-20-10-13-24-22(16-20)23(28)26-18-4-2-3-5-18/h6-10,13,16-18H,2-5,11-12,14-15H2,1H3,(H,24,25)(H,26,28). The van der Waals surface area contributed by atoms with Crippen LogP contribution in [0.15, 0.2) is 42.6 Å². The third kappa shape index (κ3) is 4.64. The molecule has 1 amide bonds. The molecule has 0 unspecified atom stereocenters. The minimum absolute atomic E-state index is 0.0785. The molecular formula is C23H30N4O. The zero-order valence-electron chi connectivity index (χ0n) is 16.7. The number of nitrogens with one attached hydrogen (secondary N) is 2. The number of benzene rings is 1. The topological polar surface area (TPSA) is 57.3 Å². The van der Waals surface area contributed by atoms with E-state index in [-0.39, 0.29) is 5.91 Å². The van der Waals surface area contributed by atoms with Crippen LogP contribution >= 0.6 is 0 Å². The number of rotatable bonds is 5. The van der Waals surface area contributed by atoms with Gasteiger partial charge in [0.15, 0.2) is 0 Å². The fourth-order valence-corrected chi connectivity index (χ4v) is 4.15. The van der Waals surface area contributed by atoms with Gasteiger partial charge in [0.05, 0.1) is 0 Å². The summed E-state index contributed by atoms with van der Waals surface area (Å²) in [7, 11) is 0. The highest BCUT2D eigenvalue weighted by Gasteiger charge is 2.19. The highest BCUT2D eigenvalue weighted by molar-refractivity contribution is 5.93. The van der Waals surface area contributed by atoms with Crippen molar-refractivity contribution in [2.75, 3.05) is 23.3 Å². The van der Waals surface area contributed by atoms with E-state index in [9.17, 15) is 4.79 Å². The van der Waals surface area contributed by atoms with Gasteiger partial charge < -0.3 is 15.5 Å². The summed E-state index contributed by atoms with van der Waals surface area (Å²) in [5, 5.41) is 6.49. The zero-order chi connectivity index (χ0) is 19.3. The molecule has 0 atom stereocenters. The third-order valence-corrected chi connectivity index (χ3v) is 5.99. The number of carbonyl (C=O) groups excluding carboxylic acids is 1. The first kappa shape index (κ1) is 18.8. The lowest BCUT2D eigenvalue weighted by Gasteiger charge is -2.32. The van der Waals surface area contributed by atoms with E-state index in [1.54, 1.807) is 6.20 Å². The van der Waals surface area contributed by atoms with Crippen LogP contribution in [0.5, 0.6) is 0 Å². The fraction of sp³-hybridized carbons (Fsp3) is 0.478. The lowest BCUT2D eigenvalue weighted by atomic mass is 9.99. The van der Waals surface area contributed by atoms with Gasteiger partial charge in [0.2, 0.25) is 0 Å². The monoisotopic (exact) mass is 378 g/mol. The summed E-state index contributed by atoms with van der Waals surface area (Å²) < 4.78 is 0. The van der Waals surface area contributed by atoms with Gasteiger partial charge in [0.25, 0.3) is 5.91 Å². The van der Waals surface area contributed by atoms with E-state index in [0.29, 0.717) is 11.7 Å². The van der Waals surface area contributed by atoms with Gasteiger partial charge in [0, 0.05) is 42.4 Å². The first-order valence-corrected chi connectivity index (χ1v) is 10.6. The van der Waals surface area contributed by atoms with Crippen LogP contribution in [0.2, 0.25) is 0 Å². The van der Waals surface area contributed by atoms with Crippen molar-refractivity contribution in [1.29, 1.82) is 0 Å². The van der Waals surface area contributed by atoms with Gasteiger partial charge in [-0.05, 0) is 68.0 Å². The summed E-state index contributed by atoms with van der Waals surface area (Å²) in [5.41, 5.74) is 3.65. The molecule has 148 valence electrons. The molecule has 4 rings (SSSR count). The largest absolute Gasteiger partial charge is 0.372 e. The maximum Gasteiger partial charge on any atom is 0.270 e. The van der Waals surface area contributed by atoms with E-state index < -0.39 is 0 Å². The van der Waals surface area contributed by atoms with Gasteiger partial charge in [-0.15, -0.1) is 0 Å². The minimum atomic E-state index is -0.0785. The number of hydrogen-bond donors (Lipinski definition) is 2. The molecule has 2 N–H and O–H groups in total. The fourth-order valence-electron chi connectivity index (χ4n) is 4.15. The molecule has 1 aromatic carbocycles. The van der Waals surface area contributed by atoms with E-state index in [2.05, 4.69) is 51.7 Å². The van der Waals surface area contributed by atoms with Crippen molar-refractivity contribution in [2.45, 2.75) is 51.5 Å². The van der Waals surface area contributed by atoms with E-state index in [0.717, 1.165) is 43.2 Å². The summed E-state index contributed by atoms with van der Waals surface area (Å²) in [6.07, 6.45) is 8.78. The number of pyridine rings is 1. The number of nitrogens with zero attached hydrogens (tertiary/aromatic N) is 2. The smallest absolute Gasteiger partial charge is 0.270 e. The van der Waals surface area contributed by atoms with Crippen molar-refractivity contribution in [3.8, 4) is 0 Å². The maximum absolute atomic E-state index is 12.4. The van der Waals surface area contributed by atoms with Gasteiger partial charge in [-0.1, -0.05) is 19.8 Å². The van der Waals surface area contributed by atoms with Crippen molar-refractivity contribution >= 4 is 23.0 Å². The number of amides is 1. The second kappa shape index (κ2) is 8.63. The average Bonchev–Trinajstić information content (AvgIpc) is 3.22. The highest BCUT2D eigenvalue weighted by atomic mass is 16.1. The van der Waals surface area contributed by atoms with Crippen molar-refractivity contribution in [3.05, 3.63) is 48.3 Å². The van der Waals surface area contributed by atoms with Gasteiger partial charge >= 0.3 is 0 Å². The number of hydrogen-bond acceptors (Lipinski definition) is 4. The molecule has 5 nitrogen and oxygen atoms in total. The van der Waals surface area contributed by atoms with Gasteiger partial charge in [-0.3, -0.25) is 9.78 Å². The van der Waals surface area contributed by atoms with Crippen LogP contribution < -0.4 is 15.5 Å². The Morgan fingerprint density at radius 2 is 1.71 bits per heavy atom. The van der Waals surface area contributed by atoms with Crippen LogP contribution in [0.1, 0.15) is 55.9 Å². The van der Waals surface area contributed by atoms with E-state index in [1.165, 1.54) is 31.4 Å². The summed E-state index contributed by atoms with van der Waals surface area (Å²) in [6.45, 7) is 4.61. The van der Waals surface area contributed by atoms with Crippen molar-refractivity contribution in [1.82, 2.24) is 10.3 Å². The second-order valence-electron chi connectivity index (χ2n) is 8.23. The van der Waals surface area contributed by atoms with Crippen LogP contribution in [0.3, 0.4) is 0 Å². The van der Waals surface area contributed by atoms with Crippen LogP contribution in [0.4, 0.5) is 17.1 Å². The van der Waals surface area contributed by atoms with Gasteiger partial charge in [0.1, 0.15) is 5.69 Å². The van der Waals surface area contributed by atoms with Crippen molar-refractivity contribution < 1.29 is 4.79 Å². The summed E-state index contributed by atoms with van der Waals surface area (Å²) in [5.74, 6) is 0.758. The van der Waals surface area contributed by atoms with Crippen molar-refractivity contribution in [2.24, 2.45) is 5.92 Å². The Bertz CT molecular complexity index is 791. The molecule has 1 aliphatic carbocycles.